The first-order chi connectivity index (χ1) is 16.4. The number of halogens is 2. The van der Waals surface area contributed by atoms with Crippen molar-refractivity contribution in [2.45, 2.75) is 41.3 Å². The number of imidazole rings is 1. The summed E-state index contributed by atoms with van der Waals surface area (Å²) in [5, 5.41) is 1.11. The summed E-state index contributed by atoms with van der Waals surface area (Å²) in [5.74, 6) is 0.130. The Bertz CT molecular complexity index is 1290. The number of hydrogen-bond donors (Lipinski definition) is 0. The molecular formula is C23H25ClFN3O4S2. The minimum Gasteiger partial charge on any atom is -0.379 e. The molecule has 2 fully saturated rings. The van der Waals surface area contributed by atoms with Crippen molar-refractivity contribution in [2.24, 2.45) is 0 Å². The molecule has 1 aromatic heterocycles. The maximum atomic E-state index is 13.4. The maximum Gasteiger partial charge on any atom is 0.243 e. The summed E-state index contributed by atoms with van der Waals surface area (Å²) in [6, 6.07) is 9.47. The number of thioether (sulfide) groups is 1. The monoisotopic (exact) mass is 525 g/mol. The lowest BCUT2D eigenvalue weighted by Crippen LogP contribution is -2.40. The number of benzene rings is 2. The van der Waals surface area contributed by atoms with Crippen molar-refractivity contribution >= 4 is 44.4 Å². The van der Waals surface area contributed by atoms with Gasteiger partial charge >= 0.3 is 0 Å². The van der Waals surface area contributed by atoms with Gasteiger partial charge in [-0.1, -0.05) is 29.4 Å². The first kappa shape index (κ1) is 24.0. The number of fused-ring (bicyclic) bond motifs is 1. The van der Waals surface area contributed by atoms with E-state index < -0.39 is 10.0 Å². The highest BCUT2D eigenvalue weighted by Gasteiger charge is 2.28. The van der Waals surface area contributed by atoms with Crippen molar-refractivity contribution in [1.29, 1.82) is 0 Å². The summed E-state index contributed by atoms with van der Waals surface area (Å²) >= 11 is 7.70. The smallest absolute Gasteiger partial charge is 0.243 e. The van der Waals surface area contributed by atoms with E-state index in [0.717, 1.165) is 35.7 Å². The maximum absolute atomic E-state index is 13.4. The van der Waals surface area contributed by atoms with Gasteiger partial charge in [-0.15, -0.1) is 0 Å². The molecule has 11 heteroatoms. The van der Waals surface area contributed by atoms with E-state index in [1.54, 1.807) is 18.2 Å². The molecule has 34 heavy (non-hydrogen) atoms. The predicted octanol–water partition coefficient (Wildman–Crippen LogP) is 4.32. The minimum absolute atomic E-state index is 0.0860. The zero-order valence-electron chi connectivity index (χ0n) is 18.5. The van der Waals surface area contributed by atoms with E-state index in [1.807, 2.05) is 6.07 Å². The Morgan fingerprint density at radius 2 is 1.97 bits per heavy atom. The fourth-order valence-corrected chi connectivity index (χ4v) is 7.01. The number of morpholine rings is 1. The Morgan fingerprint density at radius 1 is 1.15 bits per heavy atom. The average molecular weight is 526 g/mol. The number of aromatic nitrogens is 2. The molecule has 5 rings (SSSR count). The van der Waals surface area contributed by atoms with Crippen LogP contribution in [0.25, 0.3) is 11.0 Å². The molecule has 2 aromatic carbocycles. The van der Waals surface area contributed by atoms with Gasteiger partial charge in [0.1, 0.15) is 5.82 Å². The summed E-state index contributed by atoms with van der Waals surface area (Å²) in [4.78, 5) is 5.01. The van der Waals surface area contributed by atoms with Gasteiger partial charge in [-0.05, 0) is 48.7 Å². The second-order valence-corrected chi connectivity index (χ2v) is 11.6. The highest BCUT2D eigenvalue weighted by Crippen LogP contribution is 2.32. The Kier molecular flexibility index (Phi) is 7.15. The van der Waals surface area contributed by atoms with Gasteiger partial charge in [-0.25, -0.2) is 17.8 Å². The van der Waals surface area contributed by atoms with E-state index in [4.69, 9.17) is 26.1 Å². The highest BCUT2D eigenvalue weighted by molar-refractivity contribution is 7.98. The van der Waals surface area contributed by atoms with Gasteiger partial charge in [0.25, 0.3) is 0 Å². The van der Waals surface area contributed by atoms with Crippen molar-refractivity contribution in [2.75, 3.05) is 32.9 Å². The van der Waals surface area contributed by atoms with E-state index in [0.29, 0.717) is 49.1 Å². The third-order valence-corrected chi connectivity index (χ3v) is 9.35. The molecule has 0 spiro atoms. The van der Waals surface area contributed by atoms with Crippen LogP contribution in [0.3, 0.4) is 0 Å². The Morgan fingerprint density at radius 3 is 2.71 bits per heavy atom. The van der Waals surface area contributed by atoms with Gasteiger partial charge in [0, 0.05) is 30.5 Å². The van der Waals surface area contributed by atoms with Gasteiger partial charge in [0.2, 0.25) is 10.0 Å². The lowest BCUT2D eigenvalue weighted by atomic mass is 10.2. The first-order valence-corrected chi connectivity index (χ1v) is 14.0. The Hall–Kier alpha value is -1.69. The molecule has 0 unspecified atom stereocenters. The summed E-state index contributed by atoms with van der Waals surface area (Å²) in [6.07, 6.45) is 2.08. The number of rotatable bonds is 7. The molecule has 0 saturated carbocycles. The van der Waals surface area contributed by atoms with Crippen LogP contribution >= 0.6 is 23.4 Å². The second kappa shape index (κ2) is 10.1. The van der Waals surface area contributed by atoms with E-state index in [-0.39, 0.29) is 16.8 Å². The first-order valence-electron chi connectivity index (χ1n) is 11.2. The molecule has 0 aliphatic carbocycles. The number of nitrogens with zero attached hydrogens (tertiary/aromatic N) is 3. The highest BCUT2D eigenvalue weighted by atomic mass is 35.5. The lowest BCUT2D eigenvalue weighted by Gasteiger charge is -2.26. The number of ether oxygens (including phenoxy) is 2. The SMILES string of the molecule is O=S(=O)(c1ccc2c(c1)nc(SCc1ccc(F)cc1Cl)n2C[C@H]1CCCO1)N1CCOCC1. The third-order valence-electron chi connectivity index (χ3n) is 6.07. The average Bonchev–Trinajstić information content (AvgIpc) is 3.47. The minimum atomic E-state index is -3.62. The van der Waals surface area contributed by atoms with Crippen LogP contribution in [-0.4, -0.2) is 61.3 Å². The molecule has 1 atom stereocenters. The topological polar surface area (TPSA) is 73.7 Å². The third kappa shape index (κ3) is 4.98. The molecule has 2 aliphatic rings. The van der Waals surface area contributed by atoms with Crippen LogP contribution < -0.4 is 0 Å². The molecule has 2 saturated heterocycles. The second-order valence-electron chi connectivity index (χ2n) is 8.33. The lowest BCUT2D eigenvalue weighted by molar-refractivity contribution is 0.0730. The summed E-state index contributed by atoms with van der Waals surface area (Å²) in [5.41, 5.74) is 2.27. The number of hydrogen-bond acceptors (Lipinski definition) is 6. The largest absolute Gasteiger partial charge is 0.379 e. The van der Waals surface area contributed by atoms with Crippen LogP contribution in [0.4, 0.5) is 4.39 Å². The van der Waals surface area contributed by atoms with Gasteiger partial charge in [0.15, 0.2) is 5.16 Å². The van der Waals surface area contributed by atoms with Crippen molar-refractivity contribution < 1.29 is 22.3 Å². The zero-order valence-corrected chi connectivity index (χ0v) is 20.8. The standard InChI is InChI=1S/C23H25ClFN3O4S2/c24-20-12-17(25)4-3-16(20)15-33-23-26-21-13-19(34(29,30)27-7-10-31-11-8-27)5-6-22(21)28(23)14-18-2-1-9-32-18/h3-6,12-13,18H,1-2,7-11,14-15H2/t18-/m1/s1. The Labute approximate surface area is 207 Å². The molecule has 2 aliphatic heterocycles. The van der Waals surface area contributed by atoms with E-state index in [9.17, 15) is 12.8 Å². The van der Waals surface area contributed by atoms with Crippen LogP contribution in [0.5, 0.6) is 0 Å². The van der Waals surface area contributed by atoms with Crippen molar-refractivity contribution in [1.82, 2.24) is 13.9 Å². The van der Waals surface area contributed by atoms with Gasteiger partial charge < -0.3 is 14.0 Å². The molecule has 3 heterocycles. The van der Waals surface area contributed by atoms with E-state index in [2.05, 4.69) is 4.57 Å². The fraction of sp³-hybridized carbons (Fsp3) is 0.435. The van der Waals surface area contributed by atoms with Crippen LogP contribution in [0, 0.1) is 5.82 Å². The van der Waals surface area contributed by atoms with E-state index >= 15 is 0 Å². The quantitative estimate of drug-likeness (QED) is 0.428. The molecular weight excluding hydrogens is 501 g/mol. The predicted molar refractivity (Wildman–Crippen MR) is 129 cm³/mol. The fourth-order valence-electron chi connectivity index (χ4n) is 4.24. The molecule has 3 aromatic rings. The number of sulfonamides is 1. The normalized spacial score (nSPS) is 19.8. The zero-order chi connectivity index (χ0) is 23.7. The molecule has 182 valence electrons. The van der Waals surface area contributed by atoms with Gasteiger partial charge in [-0.2, -0.15) is 4.31 Å². The van der Waals surface area contributed by atoms with Crippen LogP contribution in [0.2, 0.25) is 5.02 Å². The summed E-state index contributed by atoms with van der Waals surface area (Å²) in [7, 11) is -3.62. The summed E-state index contributed by atoms with van der Waals surface area (Å²) < 4.78 is 54.4. The molecule has 0 bridgehead atoms. The Balaban J connectivity index is 1.47. The van der Waals surface area contributed by atoms with Crippen molar-refractivity contribution in [3.8, 4) is 0 Å². The molecule has 0 N–H and O–H groups in total. The summed E-state index contributed by atoms with van der Waals surface area (Å²) in [6.45, 7) is 2.84. The van der Waals surface area contributed by atoms with Crippen LogP contribution in [-0.2, 0) is 31.8 Å². The van der Waals surface area contributed by atoms with Crippen molar-refractivity contribution in [3.63, 3.8) is 0 Å². The van der Waals surface area contributed by atoms with Gasteiger partial charge in [0.05, 0.1) is 41.8 Å². The molecule has 0 amide bonds. The van der Waals surface area contributed by atoms with E-state index in [1.165, 1.54) is 28.2 Å². The molecule has 7 nitrogen and oxygen atoms in total. The van der Waals surface area contributed by atoms with Crippen molar-refractivity contribution in [3.05, 3.63) is 52.8 Å². The van der Waals surface area contributed by atoms with Crippen LogP contribution in [0.1, 0.15) is 18.4 Å². The van der Waals surface area contributed by atoms with Crippen LogP contribution in [0.15, 0.2) is 46.5 Å². The molecule has 0 radical (unpaired) electrons. The van der Waals surface area contributed by atoms with Gasteiger partial charge in [-0.3, -0.25) is 0 Å².